The minimum atomic E-state index is -0.642. The third-order valence-corrected chi connectivity index (χ3v) is 2.61. The number of hydrogen-bond acceptors (Lipinski definition) is 2. The highest BCUT2D eigenvalue weighted by Crippen LogP contribution is 2.30. The predicted molar refractivity (Wildman–Crippen MR) is 55.3 cm³/mol. The zero-order valence-electron chi connectivity index (χ0n) is 8.74. The van der Waals surface area contributed by atoms with Gasteiger partial charge in [-0.25, -0.2) is 4.39 Å². The van der Waals surface area contributed by atoms with Crippen LogP contribution in [0.4, 0.5) is 4.39 Å². The molecule has 1 aromatic rings. The minimum absolute atomic E-state index is 0.284. The van der Waals surface area contributed by atoms with Gasteiger partial charge in [-0.05, 0) is 43.4 Å². The average Bonchev–Trinajstić information content (AvgIpc) is 2.99. The molecule has 2 nitrogen and oxygen atoms in total. The van der Waals surface area contributed by atoms with Crippen molar-refractivity contribution in [1.29, 1.82) is 0 Å². The molecule has 1 N–H and O–H groups in total. The first kappa shape index (κ1) is 10.4. The van der Waals surface area contributed by atoms with Crippen molar-refractivity contribution in [2.24, 2.45) is 5.92 Å². The molecular weight excluding hydrogens is 195 g/mol. The predicted octanol–water partition coefficient (Wildman–Crippen LogP) is 2.67. The highest BCUT2D eigenvalue weighted by Gasteiger charge is 2.22. The summed E-state index contributed by atoms with van der Waals surface area (Å²) in [5, 5.41) is 9.26. The Morgan fingerprint density at radius 2 is 2.27 bits per heavy atom. The molecule has 1 fully saturated rings. The fraction of sp³-hybridized carbons (Fsp3) is 0.500. The molecule has 0 saturated heterocycles. The van der Waals surface area contributed by atoms with Crippen LogP contribution in [-0.4, -0.2) is 11.7 Å². The molecule has 0 spiro atoms. The maximum atomic E-state index is 13.4. The molecule has 1 aromatic carbocycles. The van der Waals surface area contributed by atoms with E-state index in [4.69, 9.17) is 4.74 Å². The molecule has 2 rings (SSSR count). The molecule has 0 radical (unpaired) electrons. The largest absolute Gasteiger partial charge is 0.490 e. The van der Waals surface area contributed by atoms with Crippen molar-refractivity contribution in [3.63, 3.8) is 0 Å². The molecule has 82 valence electrons. The lowest BCUT2D eigenvalue weighted by molar-refractivity contribution is 0.198. The number of aliphatic hydroxyl groups excluding tert-OH is 1. The van der Waals surface area contributed by atoms with Gasteiger partial charge >= 0.3 is 0 Å². The second kappa shape index (κ2) is 4.19. The van der Waals surface area contributed by atoms with Gasteiger partial charge in [0.1, 0.15) is 0 Å². The molecule has 0 heterocycles. The van der Waals surface area contributed by atoms with Crippen LogP contribution >= 0.6 is 0 Å². The van der Waals surface area contributed by atoms with E-state index in [1.807, 2.05) is 0 Å². The van der Waals surface area contributed by atoms with E-state index in [1.54, 1.807) is 19.1 Å². The van der Waals surface area contributed by atoms with E-state index in [0.717, 1.165) is 0 Å². The van der Waals surface area contributed by atoms with Crippen molar-refractivity contribution in [3.8, 4) is 5.75 Å². The Bertz CT molecular complexity index is 345. The zero-order chi connectivity index (χ0) is 10.8. The minimum Gasteiger partial charge on any atom is -0.490 e. The summed E-state index contributed by atoms with van der Waals surface area (Å²) in [7, 11) is 0. The lowest BCUT2D eigenvalue weighted by atomic mass is 10.1. The van der Waals surface area contributed by atoms with Gasteiger partial charge in [0.2, 0.25) is 0 Å². The van der Waals surface area contributed by atoms with Crippen LogP contribution < -0.4 is 4.74 Å². The van der Waals surface area contributed by atoms with Crippen LogP contribution in [0.1, 0.15) is 31.4 Å². The molecular formula is C12H15FO2. The smallest absolute Gasteiger partial charge is 0.165 e. The van der Waals surface area contributed by atoms with Gasteiger partial charge in [-0.1, -0.05) is 6.07 Å². The second-order valence-corrected chi connectivity index (χ2v) is 4.12. The Morgan fingerprint density at radius 1 is 1.53 bits per heavy atom. The third-order valence-electron chi connectivity index (χ3n) is 2.61. The van der Waals surface area contributed by atoms with Crippen LogP contribution in [0.15, 0.2) is 18.2 Å². The summed E-state index contributed by atoms with van der Waals surface area (Å²) in [6.45, 7) is 2.21. The van der Waals surface area contributed by atoms with Gasteiger partial charge < -0.3 is 9.84 Å². The first-order valence-electron chi connectivity index (χ1n) is 5.27. The maximum absolute atomic E-state index is 13.4. The summed E-state index contributed by atoms with van der Waals surface area (Å²) in [5.74, 6) is 0.501. The van der Waals surface area contributed by atoms with Crippen LogP contribution in [0.2, 0.25) is 0 Å². The first-order chi connectivity index (χ1) is 7.16. The molecule has 1 aliphatic rings. The number of halogens is 1. The van der Waals surface area contributed by atoms with Crippen molar-refractivity contribution < 1.29 is 14.2 Å². The van der Waals surface area contributed by atoms with E-state index in [1.165, 1.54) is 18.9 Å². The molecule has 1 aliphatic carbocycles. The summed E-state index contributed by atoms with van der Waals surface area (Å²) in [6, 6.07) is 4.60. The Balaban J connectivity index is 2.04. The van der Waals surface area contributed by atoms with Crippen molar-refractivity contribution in [3.05, 3.63) is 29.6 Å². The summed E-state index contributed by atoms with van der Waals surface area (Å²) in [6.07, 6.45) is 1.73. The lowest BCUT2D eigenvalue weighted by Crippen LogP contribution is -2.01. The van der Waals surface area contributed by atoms with E-state index in [-0.39, 0.29) is 5.75 Å². The lowest BCUT2D eigenvalue weighted by Gasteiger charge is -2.09. The van der Waals surface area contributed by atoms with E-state index in [2.05, 4.69) is 0 Å². The molecule has 0 amide bonds. The average molecular weight is 210 g/mol. The quantitative estimate of drug-likeness (QED) is 0.827. The first-order valence-corrected chi connectivity index (χ1v) is 5.27. The van der Waals surface area contributed by atoms with Crippen molar-refractivity contribution in [1.82, 2.24) is 0 Å². The SMILES string of the molecule is CC(O)c1ccc(OCC2CC2)c(F)c1. The molecule has 0 aromatic heterocycles. The number of hydrogen-bond donors (Lipinski definition) is 1. The van der Waals surface area contributed by atoms with Gasteiger partial charge in [0.15, 0.2) is 11.6 Å². The summed E-state index contributed by atoms with van der Waals surface area (Å²) in [4.78, 5) is 0. The summed E-state index contributed by atoms with van der Waals surface area (Å²) in [5.41, 5.74) is 0.575. The van der Waals surface area contributed by atoms with Crippen LogP contribution in [0, 0.1) is 11.7 Å². The van der Waals surface area contributed by atoms with E-state index < -0.39 is 11.9 Å². The van der Waals surface area contributed by atoms with Crippen LogP contribution in [0.25, 0.3) is 0 Å². The van der Waals surface area contributed by atoms with Gasteiger partial charge in [-0.3, -0.25) is 0 Å². The highest BCUT2D eigenvalue weighted by atomic mass is 19.1. The summed E-state index contributed by atoms with van der Waals surface area (Å²) >= 11 is 0. The number of rotatable bonds is 4. The molecule has 1 atom stereocenters. The maximum Gasteiger partial charge on any atom is 0.165 e. The Hall–Kier alpha value is -1.09. The van der Waals surface area contributed by atoms with Crippen LogP contribution in [-0.2, 0) is 0 Å². The Morgan fingerprint density at radius 3 is 2.80 bits per heavy atom. The van der Waals surface area contributed by atoms with Crippen molar-refractivity contribution >= 4 is 0 Å². The normalized spacial score (nSPS) is 17.5. The van der Waals surface area contributed by atoms with E-state index in [9.17, 15) is 9.50 Å². The van der Waals surface area contributed by atoms with Gasteiger partial charge in [0, 0.05) is 0 Å². The van der Waals surface area contributed by atoms with Gasteiger partial charge in [0.05, 0.1) is 12.7 Å². The summed E-state index contributed by atoms with van der Waals surface area (Å²) < 4.78 is 18.8. The standard InChI is InChI=1S/C12H15FO2/c1-8(14)10-4-5-12(11(13)6-10)15-7-9-2-3-9/h4-6,8-9,14H,2-3,7H2,1H3. The van der Waals surface area contributed by atoms with Gasteiger partial charge in [0.25, 0.3) is 0 Å². The molecule has 0 bridgehead atoms. The molecule has 1 unspecified atom stereocenters. The van der Waals surface area contributed by atoms with Gasteiger partial charge in [-0.15, -0.1) is 0 Å². The van der Waals surface area contributed by atoms with Crippen LogP contribution in [0.5, 0.6) is 5.75 Å². The molecule has 1 saturated carbocycles. The zero-order valence-corrected chi connectivity index (χ0v) is 8.74. The Labute approximate surface area is 88.7 Å². The second-order valence-electron chi connectivity index (χ2n) is 4.12. The fourth-order valence-electron chi connectivity index (χ4n) is 1.39. The van der Waals surface area contributed by atoms with Crippen molar-refractivity contribution in [2.75, 3.05) is 6.61 Å². The van der Waals surface area contributed by atoms with E-state index >= 15 is 0 Å². The Kier molecular flexibility index (Phi) is 2.91. The number of benzene rings is 1. The number of aliphatic hydroxyl groups is 1. The number of ether oxygens (including phenoxy) is 1. The highest BCUT2D eigenvalue weighted by molar-refractivity contribution is 5.30. The van der Waals surface area contributed by atoms with E-state index in [0.29, 0.717) is 18.1 Å². The topological polar surface area (TPSA) is 29.5 Å². The third kappa shape index (κ3) is 2.69. The molecule has 3 heteroatoms. The molecule has 0 aliphatic heterocycles. The fourth-order valence-corrected chi connectivity index (χ4v) is 1.39. The molecule has 15 heavy (non-hydrogen) atoms. The monoisotopic (exact) mass is 210 g/mol. The van der Waals surface area contributed by atoms with Crippen LogP contribution in [0.3, 0.4) is 0 Å². The van der Waals surface area contributed by atoms with Crippen molar-refractivity contribution in [2.45, 2.75) is 25.9 Å². The van der Waals surface area contributed by atoms with Gasteiger partial charge in [-0.2, -0.15) is 0 Å².